The zero-order chi connectivity index (χ0) is 24.2. The maximum absolute atomic E-state index is 12.9. The Morgan fingerprint density at radius 2 is 1.69 bits per heavy atom. The highest BCUT2D eigenvalue weighted by Gasteiger charge is 2.24. The van der Waals surface area contributed by atoms with Gasteiger partial charge >= 0.3 is 0 Å². The first kappa shape index (κ1) is 22.5. The zero-order valence-electron chi connectivity index (χ0n) is 19.6. The summed E-state index contributed by atoms with van der Waals surface area (Å²) in [5.41, 5.74) is 3.05. The summed E-state index contributed by atoms with van der Waals surface area (Å²) < 4.78 is 11.2. The molecule has 0 unspecified atom stereocenters. The zero-order valence-corrected chi connectivity index (χ0v) is 19.6. The quantitative estimate of drug-likeness (QED) is 0.428. The number of piperazine rings is 1. The van der Waals surface area contributed by atoms with Gasteiger partial charge in [0.05, 0.1) is 6.61 Å². The number of nitrogens with one attached hydrogen (secondary N) is 1. The molecule has 2 heterocycles. The fourth-order valence-electron chi connectivity index (χ4n) is 4.26. The Labute approximate surface area is 203 Å². The van der Waals surface area contributed by atoms with E-state index in [1.165, 1.54) is 0 Å². The van der Waals surface area contributed by atoms with Crippen LogP contribution in [0.3, 0.4) is 0 Å². The van der Waals surface area contributed by atoms with Crippen molar-refractivity contribution in [2.24, 2.45) is 0 Å². The van der Waals surface area contributed by atoms with Gasteiger partial charge in [-0.2, -0.15) is 0 Å². The highest BCUT2D eigenvalue weighted by molar-refractivity contribution is 6.04. The van der Waals surface area contributed by atoms with E-state index in [0.717, 1.165) is 35.4 Å². The topological polar surface area (TPSA) is 75.0 Å². The third kappa shape index (κ3) is 4.99. The van der Waals surface area contributed by atoms with E-state index in [4.69, 9.17) is 9.15 Å². The maximum Gasteiger partial charge on any atom is 0.289 e. The van der Waals surface area contributed by atoms with Crippen molar-refractivity contribution >= 4 is 34.2 Å². The van der Waals surface area contributed by atoms with Crippen molar-refractivity contribution in [3.8, 4) is 5.75 Å². The fourth-order valence-corrected chi connectivity index (χ4v) is 4.26. The van der Waals surface area contributed by atoms with Crippen LogP contribution in [0.2, 0.25) is 0 Å². The van der Waals surface area contributed by atoms with E-state index in [1.54, 1.807) is 12.1 Å². The van der Waals surface area contributed by atoms with Crippen LogP contribution in [-0.2, 0) is 0 Å². The monoisotopic (exact) mass is 469 g/mol. The van der Waals surface area contributed by atoms with Crippen molar-refractivity contribution in [1.82, 2.24) is 4.90 Å². The Balaban J connectivity index is 1.17. The molecule has 1 aliphatic heterocycles. The van der Waals surface area contributed by atoms with Gasteiger partial charge in [-0.3, -0.25) is 9.59 Å². The Bertz CT molecular complexity index is 1300. The predicted octanol–water partition coefficient (Wildman–Crippen LogP) is 5.05. The fraction of sp³-hybridized carbons (Fsp3) is 0.214. The van der Waals surface area contributed by atoms with E-state index in [2.05, 4.69) is 10.2 Å². The molecule has 7 nitrogen and oxygen atoms in total. The molecule has 1 N–H and O–H groups in total. The molecule has 178 valence electrons. The Morgan fingerprint density at radius 1 is 0.914 bits per heavy atom. The Morgan fingerprint density at radius 3 is 2.43 bits per heavy atom. The number of ether oxygens (including phenoxy) is 1. The molecule has 2 amide bonds. The van der Waals surface area contributed by atoms with Gasteiger partial charge in [0.25, 0.3) is 11.8 Å². The summed E-state index contributed by atoms with van der Waals surface area (Å²) in [6.45, 7) is 5.14. The molecule has 0 aliphatic carbocycles. The lowest BCUT2D eigenvalue weighted by Crippen LogP contribution is -2.48. The van der Waals surface area contributed by atoms with Crippen molar-refractivity contribution in [2.45, 2.75) is 6.92 Å². The SMILES string of the molecule is CCOc1cccc(C(=O)Nc2ccc(N3CCN(C(=O)c4cc5ccccc5o4)CC3)cc2)c1. The van der Waals surface area contributed by atoms with Gasteiger partial charge in [-0.05, 0) is 61.5 Å². The average molecular weight is 470 g/mol. The van der Waals surface area contributed by atoms with Crippen LogP contribution < -0.4 is 15.0 Å². The molecule has 0 saturated carbocycles. The van der Waals surface area contributed by atoms with Gasteiger partial charge in [0.2, 0.25) is 0 Å². The Kier molecular flexibility index (Phi) is 6.39. The number of para-hydroxylation sites is 1. The molecule has 0 spiro atoms. The molecular weight excluding hydrogens is 442 g/mol. The summed E-state index contributed by atoms with van der Waals surface area (Å²) in [7, 11) is 0. The molecule has 1 saturated heterocycles. The van der Waals surface area contributed by atoms with Crippen LogP contribution in [0.5, 0.6) is 5.75 Å². The van der Waals surface area contributed by atoms with Crippen molar-refractivity contribution < 1.29 is 18.7 Å². The summed E-state index contributed by atoms with van der Waals surface area (Å²) in [6, 6.07) is 24.4. The summed E-state index contributed by atoms with van der Waals surface area (Å²) in [5.74, 6) is 0.796. The number of nitrogens with zero attached hydrogens (tertiary/aromatic N) is 2. The summed E-state index contributed by atoms with van der Waals surface area (Å²) in [4.78, 5) is 29.6. The molecular formula is C28H27N3O4. The number of anilines is 2. The predicted molar refractivity (Wildman–Crippen MR) is 136 cm³/mol. The lowest BCUT2D eigenvalue weighted by molar-refractivity contribution is 0.0717. The third-order valence-corrected chi connectivity index (χ3v) is 6.10. The van der Waals surface area contributed by atoms with E-state index in [1.807, 2.05) is 78.6 Å². The number of furan rings is 1. The van der Waals surface area contributed by atoms with Crippen LogP contribution in [0.15, 0.2) is 83.3 Å². The number of carbonyl (C=O) groups excluding carboxylic acids is 2. The highest BCUT2D eigenvalue weighted by Crippen LogP contribution is 2.23. The molecule has 4 aromatic rings. The molecule has 3 aromatic carbocycles. The van der Waals surface area contributed by atoms with Gasteiger partial charge in [0.15, 0.2) is 5.76 Å². The van der Waals surface area contributed by atoms with E-state index in [9.17, 15) is 9.59 Å². The van der Waals surface area contributed by atoms with E-state index < -0.39 is 0 Å². The number of carbonyl (C=O) groups is 2. The van der Waals surface area contributed by atoms with Crippen molar-refractivity contribution in [3.05, 3.63) is 90.2 Å². The minimum atomic E-state index is -0.183. The second-order valence-corrected chi connectivity index (χ2v) is 8.39. The number of hydrogen-bond donors (Lipinski definition) is 1. The molecule has 1 aromatic heterocycles. The molecule has 1 aliphatic rings. The van der Waals surface area contributed by atoms with Crippen molar-refractivity contribution in [2.75, 3.05) is 43.0 Å². The smallest absolute Gasteiger partial charge is 0.289 e. The first-order valence-corrected chi connectivity index (χ1v) is 11.8. The number of fused-ring (bicyclic) bond motifs is 1. The van der Waals surface area contributed by atoms with Crippen LogP contribution in [0.1, 0.15) is 27.8 Å². The maximum atomic E-state index is 12.9. The van der Waals surface area contributed by atoms with Gasteiger partial charge in [0.1, 0.15) is 11.3 Å². The summed E-state index contributed by atoms with van der Waals surface area (Å²) >= 11 is 0. The highest BCUT2D eigenvalue weighted by atomic mass is 16.5. The van der Waals surface area contributed by atoms with Crippen molar-refractivity contribution in [3.63, 3.8) is 0 Å². The lowest BCUT2D eigenvalue weighted by atomic mass is 10.2. The molecule has 0 atom stereocenters. The molecule has 0 radical (unpaired) electrons. The van der Waals surface area contributed by atoms with Gasteiger partial charge in [0, 0.05) is 48.5 Å². The van der Waals surface area contributed by atoms with Gasteiger partial charge in [-0.1, -0.05) is 24.3 Å². The van der Waals surface area contributed by atoms with E-state index in [-0.39, 0.29) is 11.8 Å². The number of hydrogen-bond acceptors (Lipinski definition) is 5. The average Bonchev–Trinajstić information content (AvgIpc) is 3.34. The van der Waals surface area contributed by atoms with E-state index in [0.29, 0.717) is 36.8 Å². The molecule has 0 bridgehead atoms. The summed E-state index contributed by atoms with van der Waals surface area (Å²) in [5, 5.41) is 3.87. The molecule has 5 rings (SSSR count). The normalized spacial score (nSPS) is 13.6. The third-order valence-electron chi connectivity index (χ3n) is 6.10. The van der Waals surface area contributed by atoms with Crippen LogP contribution >= 0.6 is 0 Å². The first-order valence-electron chi connectivity index (χ1n) is 11.8. The second-order valence-electron chi connectivity index (χ2n) is 8.39. The summed E-state index contributed by atoms with van der Waals surface area (Å²) in [6.07, 6.45) is 0. The number of rotatable bonds is 6. The molecule has 1 fully saturated rings. The van der Waals surface area contributed by atoms with Gasteiger partial charge in [-0.15, -0.1) is 0 Å². The van der Waals surface area contributed by atoms with Crippen LogP contribution in [0.4, 0.5) is 11.4 Å². The lowest BCUT2D eigenvalue weighted by Gasteiger charge is -2.35. The van der Waals surface area contributed by atoms with Crippen LogP contribution in [0.25, 0.3) is 11.0 Å². The standard InChI is InChI=1S/C28H27N3O4/c1-2-34-24-8-5-7-21(18-24)27(32)29-22-10-12-23(13-11-22)30-14-16-31(17-15-30)28(33)26-19-20-6-3-4-9-25(20)35-26/h3-13,18-19H,2,14-17H2,1H3,(H,29,32). The van der Waals surface area contributed by atoms with E-state index >= 15 is 0 Å². The minimum Gasteiger partial charge on any atom is -0.494 e. The minimum absolute atomic E-state index is 0.0766. The first-order chi connectivity index (χ1) is 17.1. The van der Waals surface area contributed by atoms with Gasteiger partial charge < -0.3 is 24.3 Å². The number of amides is 2. The van der Waals surface area contributed by atoms with Gasteiger partial charge in [-0.25, -0.2) is 0 Å². The molecule has 7 heteroatoms. The van der Waals surface area contributed by atoms with Crippen molar-refractivity contribution in [1.29, 1.82) is 0 Å². The largest absolute Gasteiger partial charge is 0.494 e. The second kappa shape index (κ2) is 9.93. The molecule has 35 heavy (non-hydrogen) atoms. The van der Waals surface area contributed by atoms with Crippen LogP contribution in [-0.4, -0.2) is 49.5 Å². The Hall–Kier alpha value is -4.26. The number of benzene rings is 3. The van der Waals surface area contributed by atoms with Crippen LogP contribution in [0, 0.1) is 0 Å².